The monoisotopic (exact) mass is 309 g/mol. The van der Waals surface area contributed by atoms with Crippen molar-refractivity contribution < 1.29 is 9.63 Å². The molecule has 0 radical (unpaired) electrons. The van der Waals surface area contributed by atoms with E-state index in [4.69, 9.17) is 4.52 Å². The Balaban J connectivity index is 1.93. The fraction of sp³-hybridized carbons (Fsp3) is 0.800. The molecule has 1 fully saturated rings. The minimum Gasteiger partial charge on any atom is -0.392 e. The Morgan fingerprint density at radius 2 is 2.27 bits per heavy atom. The van der Waals surface area contributed by atoms with Gasteiger partial charge in [-0.1, -0.05) is 24.9 Å². The number of nitrogens with one attached hydrogen (secondary N) is 2. The summed E-state index contributed by atoms with van der Waals surface area (Å²) in [6.07, 6.45) is 3.95. The third kappa shape index (κ3) is 4.43. The molecule has 2 unspecified atom stereocenters. The zero-order chi connectivity index (χ0) is 16.0. The number of aromatic nitrogens is 2. The quantitative estimate of drug-likeness (QED) is 0.562. The topological polar surface area (TPSA) is 95.6 Å². The van der Waals surface area contributed by atoms with Gasteiger partial charge in [-0.15, -0.1) is 0 Å². The molecule has 0 saturated heterocycles. The van der Waals surface area contributed by atoms with Gasteiger partial charge in [-0.05, 0) is 19.8 Å². The number of aliphatic hydroxyl groups is 1. The molecule has 0 spiro atoms. The van der Waals surface area contributed by atoms with Crippen molar-refractivity contribution in [3.05, 3.63) is 11.7 Å². The number of rotatable bonds is 5. The summed E-state index contributed by atoms with van der Waals surface area (Å²) >= 11 is 0. The van der Waals surface area contributed by atoms with Crippen LogP contribution in [0.3, 0.4) is 0 Å². The predicted octanol–water partition coefficient (Wildman–Crippen LogP) is 1.37. The number of aliphatic hydroxyl groups excluding tert-OH is 1. The van der Waals surface area contributed by atoms with Crippen LogP contribution in [0.1, 0.15) is 51.2 Å². The molecule has 0 amide bonds. The van der Waals surface area contributed by atoms with Crippen molar-refractivity contribution in [2.75, 3.05) is 13.1 Å². The average molecular weight is 309 g/mol. The molecule has 1 aromatic rings. The van der Waals surface area contributed by atoms with Crippen molar-refractivity contribution in [1.29, 1.82) is 0 Å². The summed E-state index contributed by atoms with van der Waals surface area (Å²) in [4.78, 5) is 8.60. The van der Waals surface area contributed by atoms with Crippen LogP contribution < -0.4 is 10.6 Å². The standard InChI is InChI=1S/C15H27N5O2/c1-4-16-14(17-9-13-19-11(2)22-20-13)18-10-15(3)8-6-5-7-12(15)21/h12,21H,4-10H2,1-3H3,(H2,16,17,18). The highest BCUT2D eigenvalue weighted by Gasteiger charge is 2.35. The van der Waals surface area contributed by atoms with E-state index in [1.165, 1.54) is 6.42 Å². The summed E-state index contributed by atoms with van der Waals surface area (Å²) in [5.41, 5.74) is -0.100. The van der Waals surface area contributed by atoms with Crippen LogP contribution in [-0.2, 0) is 6.54 Å². The molecule has 0 aromatic carbocycles. The average Bonchev–Trinajstić information content (AvgIpc) is 2.91. The van der Waals surface area contributed by atoms with Gasteiger partial charge in [0.1, 0.15) is 6.54 Å². The van der Waals surface area contributed by atoms with E-state index in [1.54, 1.807) is 6.92 Å². The smallest absolute Gasteiger partial charge is 0.223 e. The van der Waals surface area contributed by atoms with Crippen LogP contribution in [0.25, 0.3) is 0 Å². The fourth-order valence-electron chi connectivity index (χ4n) is 2.77. The SMILES string of the molecule is CCNC(=NCc1noc(C)n1)NCC1(C)CCCCC1O. The van der Waals surface area contributed by atoms with E-state index in [0.29, 0.717) is 30.8 Å². The van der Waals surface area contributed by atoms with Gasteiger partial charge in [0, 0.05) is 25.4 Å². The first-order valence-electron chi connectivity index (χ1n) is 8.03. The Bertz CT molecular complexity index is 502. The number of nitrogens with zero attached hydrogens (tertiary/aromatic N) is 3. The summed E-state index contributed by atoms with van der Waals surface area (Å²) in [6, 6.07) is 0. The van der Waals surface area contributed by atoms with Crippen LogP contribution in [0.15, 0.2) is 9.52 Å². The van der Waals surface area contributed by atoms with Gasteiger partial charge in [0.2, 0.25) is 5.89 Å². The third-order valence-corrected chi connectivity index (χ3v) is 4.23. The second-order valence-corrected chi connectivity index (χ2v) is 6.19. The lowest BCUT2D eigenvalue weighted by Crippen LogP contribution is -2.48. The van der Waals surface area contributed by atoms with Crippen LogP contribution in [0, 0.1) is 12.3 Å². The van der Waals surface area contributed by atoms with Gasteiger partial charge in [0.15, 0.2) is 11.8 Å². The summed E-state index contributed by atoms with van der Waals surface area (Å²) in [5.74, 6) is 1.82. The van der Waals surface area contributed by atoms with Crippen molar-refractivity contribution >= 4 is 5.96 Å². The Labute approximate surface area is 131 Å². The van der Waals surface area contributed by atoms with E-state index < -0.39 is 0 Å². The van der Waals surface area contributed by atoms with Crippen LogP contribution >= 0.6 is 0 Å². The van der Waals surface area contributed by atoms with Crippen molar-refractivity contribution in [3.8, 4) is 0 Å². The number of aryl methyl sites for hydroxylation is 1. The molecular weight excluding hydrogens is 282 g/mol. The molecule has 7 nitrogen and oxygen atoms in total. The molecule has 1 aliphatic rings. The first-order valence-corrected chi connectivity index (χ1v) is 8.03. The molecule has 1 aliphatic carbocycles. The summed E-state index contributed by atoms with van der Waals surface area (Å²) < 4.78 is 4.94. The fourth-order valence-corrected chi connectivity index (χ4v) is 2.77. The molecule has 1 heterocycles. The Morgan fingerprint density at radius 3 is 2.91 bits per heavy atom. The summed E-state index contributed by atoms with van der Waals surface area (Å²) in [6.45, 7) is 7.76. The molecule has 2 rings (SSSR count). The second kappa shape index (κ2) is 7.58. The first-order chi connectivity index (χ1) is 10.5. The second-order valence-electron chi connectivity index (χ2n) is 6.19. The molecule has 1 aromatic heterocycles. The highest BCUT2D eigenvalue weighted by atomic mass is 16.5. The lowest BCUT2D eigenvalue weighted by molar-refractivity contribution is 0.00397. The van der Waals surface area contributed by atoms with E-state index in [0.717, 1.165) is 25.8 Å². The number of hydrogen-bond donors (Lipinski definition) is 3. The van der Waals surface area contributed by atoms with Crippen molar-refractivity contribution in [1.82, 2.24) is 20.8 Å². The molecular formula is C15H27N5O2. The third-order valence-electron chi connectivity index (χ3n) is 4.23. The molecule has 2 atom stereocenters. The molecule has 1 saturated carbocycles. The van der Waals surface area contributed by atoms with Crippen molar-refractivity contribution in [2.24, 2.45) is 10.4 Å². The number of aliphatic imine (C=N–C) groups is 1. The van der Waals surface area contributed by atoms with Gasteiger partial charge in [-0.3, -0.25) is 0 Å². The van der Waals surface area contributed by atoms with Crippen LogP contribution in [0.5, 0.6) is 0 Å². The lowest BCUT2D eigenvalue weighted by atomic mass is 9.73. The summed E-state index contributed by atoms with van der Waals surface area (Å²) in [7, 11) is 0. The van der Waals surface area contributed by atoms with Gasteiger partial charge >= 0.3 is 0 Å². The van der Waals surface area contributed by atoms with Gasteiger partial charge in [0.05, 0.1) is 6.10 Å². The Kier molecular flexibility index (Phi) is 5.76. The highest BCUT2D eigenvalue weighted by molar-refractivity contribution is 5.79. The summed E-state index contributed by atoms with van der Waals surface area (Å²) in [5, 5.41) is 20.6. The van der Waals surface area contributed by atoms with Crippen molar-refractivity contribution in [3.63, 3.8) is 0 Å². The van der Waals surface area contributed by atoms with Gasteiger partial charge < -0.3 is 20.3 Å². The van der Waals surface area contributed by atoms with Gasteiger partial charge in [0.25, 0.3) is 0 Å². The van der Waals surface area contributed by atoms with Crippen molar-refractivity contribution in [2.45, 2.75) is 59.1 Å². The van der Waals surface area contributed by atoms with Crippen LogP contribution in [-0.4, -0.2) is 40.4 Å². The lowest BCUT2D eigenvalue weighted by Gasteiger charge is -2.38. The maximum atomic E-state index is 10.2. The Hall–Kier alpha value is -1.63. The van der Waals surface area contributed by atoms with Crippen LogP contribution in [0.2, 0.25) is 0 Å². The molecule has 0 aliphatic heterocycles. The molecule has 3 N–H and O–H groups in total. The first kappa shape index (κ1) is 16.7. The van der Waals surface area contributed by atoms with Gasteiger partial charge in [-0.25, -0.2) is 4.99 Å². The van der Waals surface area contributed by atoms with Crippen LogP contribution in [0.4, 0.5) is 0 Å². The van der Waals surface area contributed by atoms with E-state index >= 15 is 0 Å². The maximum Gasteiger partial charge on any atom is 0.223 e. The van der Waals surface area contributed by atoms with E-state index in [-0.39, 0.29) is 11.5 Å². The minimum absolute atomic E-state index is 0.100. The Morgan fingerprint density at radius 1 is 1.45 bits per heavy atom. The normalized spacial score (nSPS) is 26.0. The minimum atomic E-state index is -0.253. The number of guanidine groups is 1. The molecule has 124 valence electrons. The van der Waals surface area contributed by atoms with Gasteiger partial charge in [-0.2, -0.15) is 4.98 Å². The highest BCUT2D eigenvalue weighted by Crippen LogP contribution is 2.35. The molecule has 22 heavy (non-hydrogen) atoms. The van der Waals surface area contributed by atoms with E-state index in [1.807, 2.05) is 6.92 Å². The van der Waals surface area contributed by atoms with E-state index in [2.05, 4.69) is 32.7 Å². The number of hydrogen-bond acceptors (Lipinski definition) is 5. The van der Waals surface area contributed by atoms with E-state index in [9.17, 15) is 5.11 Å². The maximum absolute atomic E-state index is 10.2. The zero-order valence-corrected chi connectivity index (χ0v) is 13.7. The molecule has 0 bridgehead atoms. The predicted molar refractivity (Wildman–Crippen MR) is 84.4 cm³/mol. The molecule has 7 heteroatoms. The largest absolute Gasteiger partial charge is 0.392 e. The zero-order valence-electron chi connectivity index (χ0n) is 13.7.